The van der Waals surface area contributed by atoms with Crippen LogP contribution in [0.2, 0.25) is 0 Å². The highest BCUT2D eigenvalue weighted by molar-refractivity contribution is 7.14. The lowest BCUT2D eigenvalue weighted by Crippen LogP contribution is -2.22. The standard InChI is InChI=1S/C22H20N4O3S/c1-15(27)26(17-8-4-3-5-9-17)22-24-16(14-30-22)12-13-20(28)25-19-11-7-6-10-18(19)21(29)23-2/h3-14H,1-2H3,(H,23,29)(H,25,28)/b13-12+. The molecule has 0 bridgehead atoms. The lowest BCUT2D eigenvalue weighted by molar-refractivity contribution is -0.116. The van der Waals surface area contributed by atoms with Crippen molar-refractivity contribution in [2.45, 2.75) is 6.92 Å². The zero-order chi connectivity index (χ0) is 21.5. The Morgan fingerprint density at radius 1 is 1.03 bits per heavy atom. The number of rotatable bonds is 6. The molecule has 152 valence electrons. The quantitative estimate of drug-likeness (QED) is 0.593. The van der Waals surface area contributed by atoms with E-state index in [-0.39, 0.29) is 11.8 Å². The summed E-state index contributed by atoms with van der Waals surface area (Å²) in [6.45, 7) is 1.47. The third-order valence-corrected chi connectivity index (χ3v) is 4.94. The van der Waals surface area contributed by atoms with Crippen molar-refractivity contribution in [2.75, 3.05) is 17.3 Å². The molecule has 7 nitrogen and oxygen atoms in total. The van der Waals surface area contributed by atoms with Crippen molar-refractivity contribution in [3.63, 3.8) is 0 Å². The van der Waals surface area contributed by atoms with Crippen LogP contribution in [0.4, 0.5) is 16.5 Å². The molecule has 2 aromatic carbocycles. The summed E-state index contributed by atoms with van der Waals surface area (Å²) in [4.78, 5) is 42.3. The average Bonchev–Trinajstić information content (AvgIpc) is 3.21. The number of thiazole rings is 1. The molecule has 3 aromatic rings. The van der Waals surface area contributed by atoms with Gasteiger partial charge < -0.3 is 10.6 Å². The second-order valence-corrected chi connectivity index (χ2v) is 7.03. The largest absolute Gasteiger partial charge is 0.355 e. The Morgan fingerprint density at radius 2 is 1.73 bits per heavy atom. The second-order valence-electron chi connectivity index (χ2n) is 6.19. The molecular weight excluding hydrogens is 400 g/mol. The van der Waals surface area contributed by atoms with Gasteiger partial charge in [-0.3, -0.25) is 19.3 Å². The maximum atomic E-state index is 12.3. The minimum atomic E-state index is -0.396. The van der Waals surface area contributed by atoms with Crippen molar-refractivity contribution in [3.8, 4) is 0 Å². The molecule has 0 fully saturated rings. The fourth-order valence-corrected chi connectivity index (χ4v) is 3.57. The normalized spacial score (nSPS) is 10.6. The summed E-state index contributed by atoms with van der Waals surface area (Å²) in [6, 6.07) is 16.0. The van der Waals surface area contributed by atoms with Crippen LogP contribution in [0.1, 0.15) is 23.0 Å². The predicted molar refractivity (Wildman–Crippen MR) is 119 cm³/mol. The number of benzene rings is 2. The fourth-order valence-electron chi connectivity index (χ4n) is 2.72. The van der Waals surface area contributed by atoms with E-state index in [4.69, 9.17) is 0 Å². The molecule has 0 unspecified atom stereocenters. The van der Waals surface area contributed by atoms with Crippen LogP contribution in [-0.4, -0.2) is 29.8 Å². The molecule has 0 atom stereocenters. The average molecular weight is 420 g/mol. The molecule has 30 heavy (non-hydrogen) atoms. The first-order valence-electron chi connectivity index (χ1n) is 9.11. The minimum absolute atomic E-state index is 0.158. The van der Waals surface area contributed by atoms with Crippen LogP contribution in [0.15, 0.2) is 66.1 Å². The van der Waals surface area contributed by atoms with E-state index in [2.05, 4.69) is 15.6 Å². The van der Waals surface area contributed by atoms with Crippen molar-refractivity contribution < 1.29 is 14.4 Å². The smallest absolute Gasteiger partial charge is 0.253 e. The van der Waals surface area contributed by atoms with Gasteiger partial charge in [0.1, 0.15) is 0 Å². The van der Waals surface area contributed by atoms with E-state index in [1.165, 1.54) is 36.3 Å². The third-order valence-electron chi connectivity index (χ3n) is 4.09. The predicted octanol–water partition coefficient (Wildman–Crippen LogP) is 3.84. The summed E-state index contributed by atoms with van der Waals surface area (Å²) in [6.07, 6.45) is 2.89. The third kappa shape index (κ3) is 4.98. The molecule has 3 rings (SSSR count). The Bertz CT molecular complexity index is 1090. The summed E-state index contributed by atoms with van der Waals surface area (Å²) in [7, 11) is 1.53. The summed E-state index contributed by atoms with van der Waals surface area (Å²) in [5.41, 5.74) is 2.06. The van der Waals surface area contributed by atoms with Gasteiger partial charge in [0.05, 0.1) is 22.6 Å². The van der Waals surface area contributed by atoms with Gasteiger partial charge in [-0.1, -0.05) is 30.3 Å². The van der Waals surface area contributed by atoms with Crippen LogP contribution < -0.4 is 15.5 Å². The number of aromatic nitrogens is 1. The molecule has 1 aromatic heterocycles. The molecule has 1 heterocycles. The first kappa shape index (κ1) is 20.9. The van der Waals surface area contributed by atoms with Crippen LogP contribution >= 0.6 is 11.3 Å². The molecule has 0 radical (unpaired) electrons. The van der Waals surface area contributed by atoms with E-state index in [1.807, 2.05) is 30.3 Å². The van der Waals surface area contributed by atoms with Gasteiger partial charge in [0.2, 0.25) is 11.8 Å². The SMILES string of the molecule is CNC(=O)c1ccccc1NC(=O)/C=C/c1csc(N(C(C)=O)c2ccccc2)n1. The minimum Gasteiger partial charge on any atom is -0.355 e. The lowest BCUT2D eigenvalue weighted by Gasteiger charge is -2.17. The lowest BCUT2D eigenvalue weighted by atomic mass is 10.1. The van der Waals surface area contributed by atoms with Gasteiger partial charge in [-0.15, -0.1) is 11.3 Å². The van der Waals surface area contributed by atoms with Crippen LogP contribution in [0.5, 0.6) is 0 Å². The number of carbonyl (C=O) groups is 3. The number of hydrogen-bond donors (Lipinski definition) is 2. The zero-order valence-electron chi connectivity index (χ0n) is 16.5. The van der Waals surface area contributed by atoms with Crippen LogP contribution in [0.25, 0.3) is 6.08 Å². The highest BCUT2D eigenvalue weighted by Crippen LogP contribution is 2.29. The summed E-state index contributed by atoms with van der Waals surface area (Å²) >= 11 is 1.30. The van der Waals surface area contributed by atoms with Gasteiger partial charge in [0.25, 0.3) is 5.91 Å². The van der Waals surface area contributed by atoms with Crippen molar-refractivity contribution in [1.82, 2.24) is 10.3 Å². The maximum absolute atomic E-state index is 12.3. The van der Waals surface area contributed by atoms with Crippen molar-refractivity contribution in [2.24, 2.45) is 0 Å². The van der Waals surface area contributed by atoms with Gasteiger partial charge in [-0.2, -0.15) is 0 Å². The van der Waals surface area contributed by atoms with Crippen molar-refractivity contribution in [3.05, 3.63) is 77.3 Å². The molecular formula is C22H20N4O3S. The Balaban J connectivity index is 1.74. The van der Waals surface area contributed by atoms with Gasteiger partial charge >= 0.3 is 0 Å². The molecule has 2 N–H and O–H groups in total. The Labute approximate surface area is 178 Å². The molecule has 8 heteroatoms. The summed E-state index contributed by atoms with van der Waals surface area (Å²) < 4.78 is 0. The maximum Gasteiger partial charge on any atom is 0.253 e. The van der Waals surface area contributed by atoms with E-state index in [0.717, 1.165) is 5.69 Å². The van der Waals surface area contributed by atoms with E-state index in [0.29, 0.717) is 22.1 Å². The van der Waals surface area contributed by atoms with Gasteiger partial charge in [0.15, 0.2) is 5.13 Å². The second kappa shape index (κ2) is 9.62. The summed E-state index contributed by atoms with van der Waals surface area (Å²) in [5.74, 6) is -0.841. The number of para-hydroxylation sites is 2. The molecule has 0 spiro atoms. The number of hydrogen-bond acceptors (Lipinski definition) is 5. The van der Waals surface area contributed by atoms with E-state index in [9.17, 15) is 14.4 Å². The van der Waals surface area contributed by atoms with E-state index in [1.54, 1.807) is 35.7 Å². The van der Waals surface area contributed by atoms with Gasteiger partial charge in [0, 0.05) is 25.4 Å². The van der Waals surface area contributed by atoms with Crippen LogP contribution in [0.3, 0.4) is 0 Å². The Morgan fingerprint density at radius 3 is 2.43 bits per heavy atom. The highest BCUT2D eigenvalue weighted by atomic mass is 32.1. The molecule has 0 aliphatic carbocycles. The van der Waals surface area contributed by atoms with Crippen molar-refractivity contribution >= 4 is 51.6 Å². The first-order chi connectivity index (χ1) is 14.5. The van der Waals surface area contributed by atoms with Gasteiger partial charge in [-0.25, -0.2) is 4.98 Å². The monoisotopic (exact) mass is 420 g/mol. The number of amides is 3. The number of nitrogens with zero attached hydrogens (tertiary/aromatic N) is 2. The topological polar surface area (TPSA) is 91.4 Å². The molecule has 0 saturated heterocycles. The number of anilines is 3. The fraction of sp³-hybridized carbons (Fsp3) is 0.0909. The summed E-state index contributed by atoms with van der Waals surface area (Å²) in [5, 5.41) is 7.51. The van der Waals surface area contributed by atoms with Crippen molar-refractivity contribution in [1.29, 1.82) is 0 Å². The molecule has 3 amide bonds. The van der Waals surface area contributed by atoms with Gasteiger partial charge in [-0.05, 0) is 30.3 Å². The first-order valence-corrected chi connectivity index (χ1v) is 9.99. The number of carbonyl (C=O) groups excluding carboxylic acids is 3. The highest BCUT2D eigenvalue weighted by Gasteiger charge is 2.17. The number of nitrogens with one attached hydrogen (secondary N) is 2. The van der Waals surface area contributed by atoms with Crippen LogP contribution in [-0.2, 0) is 9.59 Å². The Hall–Kier alpha value is -3.78. The molecule has 0 saturated carbocycles. The molecule has 0 aliphatic rings. The van der Waals surface area contributed by atoms with E-state index >= 15 is 0 Å². The Kier molecular flexibility index (Phi) is 6.71. The zero-order valence-corrected chi connectivity index (χ0v) is 17.3. The van der Waals surface area contributed by atoms with E-state index < -0.39 is 5.91 Å². The van der Waals surface area contributed by atoms with Crippen LogP contribution in [0, 0.1) is 0 Å². The molecule has 0 aliphatic heterocycles.